The Morgan fingerprint density at radius 3 is 2.71 bits per heavy atom. The lowest BCUT2D eigenvalue weighted by Gasteiger charge is -2.11. The molecular weight excluding hydrogens is 434 g/mol. The first kappa shape index (κ1) is 21.2. The molecule has 0 saturated carbocycles. The predicted octanol–water partition coefficient (Wildman–Crippen LogP) is 5.82. The Kier molecular flexibility index (Phi) is 6.15. The van der Waals surface area contributed by atoms with E-state index < -0.39 is 0 Å². The van der Waals surface area contributed by atoms with Crippen molar-refractivity contribution in [3.8, 4) is 17.0 Å². The summed E-state index contributed by atoms with van der Waals surface area (Å²) in [5, 5.41) is 4.20. The maximum Gasteiger partial charge on any atom is 0.350 e. The van der Waals surface area contributed by atoms with Crippen molar-refractivity contribution >= 4 is 39.7 Å². The van der Waals surface area contributed by atoms with Gasteiger partial charge in [-0.2, -0.15) is 0 Å². The van der Waals surface area contributed by atoms with Gasteiger partial charge in [0.25, 0.3) is 0 Å². The Morgan fingerprint density at radius 1 is 1.23 bits per heavy atom. The second-order valence-corrected chi connectivity index (χ2v) is 8.29. The maximum absolute atomic E-state index is 12.4. The van der Waals surface area contributed by atoms with E-state index in [1.807, 2.05) is 59.9 Å². The number of halogens is 1. The van der Waals surface area contributed by atoms with Gasteiger partial charge in [0.05, 0.1) is 13.7 Å². The van der Waals surface area contributed by atoms with Crippen molar-refractivity contribution in [2.45, 2.75) is 20.4 Å². The molecule has 31 heavy (non-hydrogen) atoms. The largest absolute Gasteiger partial charge is 0.497 e. The number of aryl methyl sites for hydroxylation is 1. The number of hydrogen-bond acceptors (Lipinski definition) is 6. The highest BCUT2D eigenvalue weighted by atomic mass is 35.5. The summed E-state index contributed by atoms with van der Waals surface area (Å²) in [6.07, 6.45) is 0. The van der Waals surface area contributed by atoms with Crippen molar-refractivity contribution in [2.75, 3.05) is 19.0 Å². The number of anilines is 1. The van der Waals surface area contributed by atoms with Gasteiger partial charge in [0, 0.05) is 22.8 Å². The number of nitrogens with one attached hydrogen (secondary N) is 1. The molecule has 0 fully saturated rings. The summed E-state index contributed by atoms with van der Waals surface area (Å²) in [5.74, 6) is 1.23. The highest BCUT2D eigenvalue weighted by molar-refractivity contribution is 7.19. The molecule has 0 aliphatic rings. The smallest absolute Gasteiger partial charge is 0.350 e. The zero-order valence-electron chi connectivity index (χ0n) is 17.4. The fourth-order valence-corrected chi connectivity index (χ4v) is 4.50. The number of ether oxygens (including phenoxy) is 2. The van der Waals surface area contributed by atoms with Crippen LogP contribution in [0.4, 0.5) is 5.82 Å². The molecule has 4 rings (SSSR count). The van der Waals surface area contributed by atoms with Crippen LogP contribution in [-0.4, -0.2) is 29.1 Å². The Bertz CT molecular complexity index is 1230. The van der Waals surface area contributed by atoms with Crippen molar-refractivity contribution < 1.29 is 14.3 Å². The number of aromatic nitrogens is 2. The molecule has 2 aromatic heterocycles. The Balaban J connectivity index is 1.80. The van der Waals surface area contributed by atoms with E-state index in [1.165, 1.54) is 11.3 Å². The number of benzene rings is 2. The standard InChI is InChI=1S/C23H22ClN3O3S/c1-4-30-22(28)20-14(2)27-21(25-13-15-8-10-17(24)11-9-15)19(26-23(27)31-20)16-6-5-7-18(12-16)29-3/h5-12,25H,4,13H2,1-3H3. The lowest BCUT2D eigenvalue weighted by Crippen LogP contribution is -2.07. The number of rotatable bonds is 7. The highest BCUT2D eigenvalue weighted by Crippen LogP contribution is 2.36. The van der Waals surface area contributed by atoms with Gasteiger partial charge in [0.2, 0.25) is 0 Å². The first-order chi connectivity index (χ1) is 15.0. The molecule has 6 nitrogen and oxygen atoms in total. The van der Waals surface area contributed by atoms with Crippen LogP contribution in [0.5, 0.6) is 5.75 Å². The minimum Gasteiger partial charge on any atom is -0.497 e. The average molecular weight is 456 g/mol. The number of imidazole rings is 1. The quantitative estimate of drug-likeness (QED) is 0.355. The average Bonchev–Trinajstić information content (AvgIpc) is 3.30. The third kappa shape index (κ3) is 4.24. The normalized spacial score (nSPS) is 11.0. The molecule has 2 aromatic carbocycles. The van der Waals surface area contributed by atoms with Crippen molar-refractivity contribution in [1.82, 2.24) is 9.38 Å². The maximum atomic E-state index is 12.4. The molecule has 160 valence electrons. The van der Waals surface area contributed by atoms with Crippen molar-refractivity contribution in [3.63, 3.8) is 0 Å². The molecular formula is C23H22ClN3O3S. The van der Waals surface area contributed by atoms with Crippen LogP contribution >= 0.6 is 22.9 Å². The van der Waals surface area contributed by atoms with E-state index in [2.05, 4.69) is 5.32 Å². The molecule has 0 amide bonds. The fraction of sp³-hybridized carbons (Fsp3) is 0.217. The number of fused-ring (bicyclic) bond motifs is 1. The number of carbonyl (C=O) groups is 1. The Morgan fingerprint density at radius 2 is 2.00 bits per heavy atom. The number of hydrogen-bond donors (Lipinski definition) is 1. The van der Waals surface area contributed by atoms with Crippen LogP contribution in [0, 0.1) is 6.92 Å². The van der Waals surface area contributed by atoms with Crippen LogP contribution in [0.25, 0.3) is 16.2 Å². The molecule has 0 atom stereocenters. The number of methoxy groups -OCH3 is 1. The topological polar surface area (TPSA) is 64.9 Å². The summed E-state index contributed by atoms with van der Waals surface area (Å²) < 4.78 is 12.6. The van der Waals surface area contributed by atoms with E-state index in [-0.39, 0.29) is 5.97 Å². The van der Waals surface area contributed by atoms with Crippen LogP contribution in [0.15, 0.2) is 48.5 Å². The predicted molar refractivity (Wildman–Crippen MR) is 125 cm³/mol. The van der Waals surface area contributed by atoms with Gasteiger partial charge in [-0.3, -0.25) is 4.40 Å². The van der Waals surface area contributed by atoms with Crippen molar-refractivity contribution in [1.29, 1.82) is 0 Å². The van der Waals surface area contributed by atoms with E-state index >= 15 is 0 Å². The molecule has 2 heterocycles. The first-order valence-corrected chi connectivity index (χ1v) is 11.0. The molecule has 0 aliphatic carbocycles. The lowest BCUT2D eigenvalue weighted by molar-refractivity contribution is 0.0531. The van der Waals surface area contributed by atoms with Gasteiger partial charge in [-0.1, -0.05) is 47.2 Å². The van der Waals surface area contributed by atoms with E-state index in [9.17, 15) is 4.79 Å². The molecule has 0 aliphatic heterocycles. The van der Waals surface area contributed by atoms with Crippen LogP contribution in [0.1, 0.15) is 27.9 Å². The molecule has 0 bridgehead atoms. The van der Waals surface area contributed by atoms with Crippen molar-refractivity contribution in [2.24, 2.45) is 0 Å². The van der Waals surface area contributed by atoms with Gasteiger partial charge in [-0.25, -0.2) is 9.78 Å². The third-order valence-electron chi connectivity index (χ3n) is 4.88. The second-order valence-electron chi connectivity index (χ2n) is 6.88. The summed E-state index contributed by atoms with van der Waals surface area (Å²) >= 11 is 7.34. The van der Waals surface area contributed by atoms with Gasteiger partial charge in [0.15, 0.2) is 4.96 Å². The van der Waals surface area contributed by atoms with E-state index in [1.54, 1.807) is 14.0 Å². The molecule has 8 heteroatoms. The molecule has 0 saturated heterocycles. The van der Waals surface area contributed by atoms with E-state index in [0.29, 0.717) is 23.1 Å². The Labute approximate surface area is 189 Å². The van der Waals surface area contributed by atoms with E-state index in [0.717, 1.165) is 39.0 Å². The monoisotopic (exact) mass is 455 g/mol. The lowest BCUT2D eigenvalue weighted by atomic mass is 10.1. The zero-order valence-corrected chi connectivity index (χ0v) is 19.0. The minimum absolute atomic E-state index is 0.329. The number of thiazole rings is 1. The molecule has 4 aromatic rings. The molecule has 1 N–H and O–H groups in total. The van der Waals surface area contributed by atoms with Gasteiger partial charge < -0.3 is 14.8 Å². The summed E-state index contributed by atoms with van der Waals surface area (Å²) in [6, 6.07) is 15.4. The Hall–Kier alpha value is -3.03. The van der Waals surface area contributed by atoms with Gasteiger partial charge in [-0.05, 0) is 43.7 Å². The summed E-state index contributed by atoms with van der Waals surface area (Å²) in [6.45, 7) is 4.60. The fourth-order valence-electron chi connectivity index (χ4n) is 3.35. The molecule has 0 unspecified atom stereocenters. The molecule has 0 spiro atoms. The van der Waals surface area contributed by atoms with Crippen LogP contribution in [-0.2, 0) is 11.3 Å². The van der Waals surface area contributed by atoms with Gasteiger partial charge in [0.1, 0.15) is 22.1 Å². The van der Waals surface area contributed by atoms with Gasteiger partial charge >= 0.3 is 5.97 Å². The minimum atomic E-state index is -0.331. The van der Waals surface area contributed by atoms with Crippen molar-refractivity contribution in [3.05, 3.63) is 69.7 Å². The zero-order chi connectivity index (χ0) is 22.0. The summed E-state index contributed by atoms with van der Waals surface area (Å²) in [7, 11) is 1.64. The van der Waals surface area contributed by atoms with Crippen LogP contribution in [0.2, 0.25) is 5.02 Å². The van der Waals surface area contributed by atoms with Gasteiger partial charge in [-0.15, -0.1) is 0 Å². The number of nitrogens with zero attached hydrogens (tertiary/aromatic N) is 2. The van der Waals surface area contributed by atoms with Crippen LogP contribution in [0.3, 0.4) is 0 Å². The van der Waals surface area contributed by atoms with E-state index in [4.69, 9.17) is 26.1 Å². The number of carbonyl (C=O) groups excluding carboxylic acids is 1. The second kappa shape index (κ2) is 8.99. The van der Waals surface area contributed by atoms with Crippen LogP contribution < -0.4 is 10.1 Å². The SMILES string of the molecule is CCOC(=O)c1sc2nc(-c3cccc(OC)c3)c(NCc3ccc(Cl)cc3)n2c1C. The summed E-state index contributed by atoms with van der Waals surface area (Å²) in [4.78, 5) is 18.5. The third-order valence-corrected chi connectivity index (χ3v) is 6.26. The number of esters is 1. The summed E-state index contributed by atoms with van der Waals surface area (Å²) in [5.41, 5.74) is 3.58. The highest BCUT2D eigenvalue weighted by Gasteiger charge is 2.23. The molecule has 0 radical (unpaired) electrons. The first-order valence-electron chi connectivity index (χ1n) is 9.83.